The van der Waals surface area contributed by atoms with Crippen molar-refractivity contribution in [3.05, 3.63) is 89.6 Å². The van der Waals surface area contributed by atoms with Crippen LogP contribution in [0.15, 0.2) is 72.8 Å². The van der Waals surface area contributed by atoms with E-state index in [4.69, 9.17) is 4.74 Å². The first kappa shape index (κ1) is 23.4. The van der Waals surface area contributed by atoms with Gasteiger partial charge in [0.05, 0.1) is 19.1 Å². The Balaban J connectivity index is 1.57. The first-order valence-corrected chi connectivity index (χ1v) is 12.6. The largest absolute Gasteiger partial charge is 0.497 e. The molecule has 8 heteroatoms. The van der Waals surface area contributed by atoms with Gasteiger partial charge in [-0.05, 0) is 53.6 Å². The second-order valence-electron chi connectivity index (χ2n) is 8.75. The highest BCUT2D eigenvalue weighted by Gasteiger charge is 2.24. The molecule has 0 saturated carbocycles. The maximum Gasteiger partial charge on any atom is 0.272 e. The number of carbonyl (C=O) groups is 1. The molecule has 0 unspecified atom stereocenters. The Morgan fingerprint density at radius 3 is 2.32 bits per heavy atom. The molecule has 0 saturated heterocycles. The molecule has 4 aromatic rings. The molecule has 0 bridgehead atoms. The summed E-state index contributed by atoms with van der Waals surface area (Å²) in [5, 5.41) is 3.76. The highest BCUT2D eigenvalue weighted by Crippen LogP contribution is 2.34. The van der Waals surface area contributed by atoms with Gasteiger partial charge in [0.1, 0.15) is 11.4 Å². The third-order valence-corrected chi connectivity index (χ3v) is 6.41. The lowest BCUT2D eigenvalue weighted by Crippen LogP contribution is -2.20. The second kappa shape index (κ2) is 8.87. The molecule has 0 aliphatic heterocycles. The van der Waals surface area contributed by atoms with Crippen LogP contribution in [0.4, 0.5) is 11.4 Å². The fraction of sp³-hybridized carbons (Fsp3) is 0.192. The van der Waals surface area contributed by atoms with Crippen LogP contribution in [0.25, 0.3) is 10.9 Å². The summed E-state index contributed by atoms with van der Waals surface area (Å²) >= 11 is 0. The zero-order chi connectivity index (χ0) is 24.5. The quantitative estimate of drug-likeness (QED) is 0.344. The second-order valence-corrected chi connectivity index (χ2v) is 10.5. The molecule has 34 heavy (non-hydrogen) atoms. The molecule has 1 heterocycles. The number of amides is 1. The van der Waals surface area contributed by atoms with Gasteiger partial charge >= 0.3 is 0 Å². The summed E-state index contributed by atoms with van der Waals surface area (Å²) in [6, 6.07) is 22.5. The van der Waals surface area contributed by atoms with Gasteiger partial charge in [0.25, 0.3) is 5.91 Å². The molecule has 3 aromatic carbocycles. The number of carbonyl (C=O) groups excluding carboxylic acids is 1. The maximum absolute atomic E-state index is 12.9. The van der Waals surface area contributed by atoms with E-state index in [-0.39, 0.29) is 11.3 Å². The van der Waals surface area contributed by atoms with Gasteiger partial charge in [-0.15, -0.1) is 0 Å². The molecule has 1 aromatic heterocycles. The van der Waals surface area contributed by atoms with E-state index in [0.29, 0.717) is 22.6 Å². The van der Waals surface area contributed by atoms with E-state index in [0.717, 1.165) is 28.5 Å². The summed E-state index contributed by atoms with van der Waals surface area (Å²) in [7, 11) is -1.74. The van der Waals surface area contributed by atoms with Gasteiger partial charge < -0.3 is 15.0 Å². The molecule has 0 aliphatic rings. The standard InChI is InChI=1S/C26H27N3O4S/c1-26(2,19-8-6-10-22(15-19)33-3)18-7-5-9-20(14-18)27-25(30)24-13-17-11-12-21(16-23(17)28-24)29-34(4,31)32/h5-16,28-29H,1-4H3,(H,27,30). The van der Waals surface area contributed by atoms with E-state index in [2.05, 4.69) is 34.9 Å². The molecule has 0 aliphatic carbocycles. The van der Waals surface area contributed by atoms with Crippen molar-refractivity contribution in [1.29, 1.82) is 0 Å². The Bertz CT molecular complexity index is 1470. The van der Waals surface area contributed by atoms with Crippen LogP contribution >= 0.6 is 0 Å². The number of nitrogens with one attached hydrogen (secondary N) is 3. The molecular weight excluding hydrogens is 450 g/mol. The molecule has 1 amide bonds. The zero-order valence-electron chi connectivity index (χ0n) is 19.5. The molecule has 0 radical (unpaired) electrons. The zero-order valence-corrected chi connectivity index (χ0v) is 20.3. The van der Waals surface area contributed by atoms with Crippen molar-refractivity contribution in [2.75, 3.05) is 23.4 Å². The summed E-state index contributed by atoms with van der Waals surface area (Å²) in [6.07, 6.45) is 1.09. The highest BCUT2D eigenvalue weighted by molar-refractivity contribution is 7.92. The van der Waals surface area contributed by atoms with E-state index in [9.17, 15) is 13.2 Å². The smallest absolute Gasteiger partial charge is 0.272 e. The number of hydrogen-bond donors (Lipinski definition) is 3. The number of methoxy groups -OCH3 is 1. The Morgan fingerprint density at radius 2 is 1.62 bits per heavy atom. The minimum Gasteiger partial charge on any atom is -0.497 e. The molecule has 3 N–H and O–H groups in total. The number of aromatic nitrogens is 1. The number of aromatic amines is 1. The van der Waals surface area contributed by atoms with E-state index < -0.39 is 10.0 Å². The van der Waals surface area contributed by atoms with Crippen molar-refractivity contribution in [1.82, 2.24) is 4.98 Å². The maximum atomic E-state index is 12.9. The fourth-order valence-corrected chi connectivity index (χ4v) is 4.44. The number of fused-ring (bicyclic) bond motifs is 1. The van der Waals surface area contributed by atoms with Gasteiger partial charge in [-0.2, -0.15) is 0 Å². The average molecular weight is 478 g/mol. The Labute approximate surface area is 199 Å². The van der Waals surface area contributed by atoms with Crippen LogP contribution < -0.4 is 14.8 Å². The Kier molecular flexibility index (Phi) is 6.10. The fourth-order valence-electron chi connectivity index (χ4n) is 3.89. The lowest BCUT2D eigenvalue weighted by Gasteiger charge is -2.27. The van der Waals surface area contributed by atoms with Crippen LogP contribution in [0.5, 0.6) is 5.75 Å². The summed E-state index contributed by atoms with van der Waals surface area (Å²) < 4.78 is 30.8. The van der Waals surface area contributed by atoms with Crippen molar-refractivity contribution in [3.63, 3.8) is 0 Å². The van der Waals surface area contributed by atoms with Crippen LogP contribution in [-0.2, 0) is 15.4 Å². The highest BCUT2D eigenvalue weighted by atomic mass is 32.2. The summed E-state index contributed by atoms with van der Waals surface area (Å²) in [4.78, 5) is 16.0. The molecule has 4 rings (SSSR count). The monoisotopic (exact) mass is 477 g/mol. The average Bonchev–Trinajstić information content (AvgIpc) is 3.22. The predicted octanol–water partition coefficient (Wildman–Crippen LogP) is 5.13. The number of H-pyrrole nitrogens is 1. The lowest BCUT2D eigenvalue weighted by molar-refractivity contribution is 0.102. The van der Waals surface area contributed by atoms with E-state index in [1.165, 1.54) is 0 Å². The minimum atomic E-state index is -3.39. The SMILES string of the molecule is COc1cccc(C(C)(C)c2cccc(NC(=O)c3cc4ccc(NS(C)(=O)=O)cc4[nH]3)c2)c1. The lowest BCUT2D eigenvalue weighted by atomic mass is 9.78. The van der Waals surface area contributed by atoms with Crippen molar-refractivity contribution < 1.29 is 17.9 Å². The molecule has 7 nitrogen and oxygen atoms in total. The summed E-state index contributed by atoms with van der Waals surface area (Å²) in [5.74, 6) is 0.508. The molecule has 176 valence electrons. The minimum absolute atomic E-state index is 0.287. The first-order chi connectivity index (χ1) is 16.0. The van der Waals surface area contributed by atoms with E-state index >= 15 is 0 Å². The summed E-state index contributed by atoms with van der Waals surface area (Å²) in [5.41, 5.74) is 3.99. The van der Waals surface area contributed by atoms with Gasteiger partial charge in [-0.25, -0.2) is 8.42 Å². The van der Waals surface area contributed by atoms with Crippen molar-refractivity contribution >= 4 is 38.2 Å². The summed E-state index contributed by atoms with van der Waals surface area (Å²) in [6.45, 7) is 4.26. The van der Waals surface area contributed by atoms with Crippen LogP contribution in [0.3, 0.4) is 0 Å². The van der Waals surface area contributed by atoms with Gasteiger partial charge in [0, 0.05) is 22.0 Å². The Morgan fingerprint density at radius 1 is 0.912 bits per heavy atom. The van der Waals surface area contributed by atoms with Gasteiger partial charge in [-0.1, -0.05) is 44.2 Å². The van der Waals surface area contributed by atoms with Gasteiger partial charge in [0.15, 0.2) is 0 Å². The van der Waals surface area contributed by atoms with Gasteiger partial charge in [-0.3, -0.25) is 9.52 Å². The van der Waals surface area contributed by atoms with Crippen LogP contribution in [0, 0.1) is 0 Å². The van der Waals surface area contributed by atoms with Crippen molar-refractivity contribution in [2.45, 2.75) is 19.3 Å². The Hall–Kier alpha value is -3.78. The molecule has 0 atom stereocenters. The number of sulfonamides is 1. The topological polar surface area (TPSA) is 100 Å². The molecule has 0 fully saturated rings. The van der Waals surface area contributed by atoms with E-state index in [1.54, 1.807) is 31.4 Å². The van der Waals surface area contributed by atoms with Crippen LogP contribution in [-0.4, -0.2) is 32.7 Å². The third-order valence-electron chi connectivity index (χ3n) is 5.80. The van der Waals surface area contributed by atoms with Crippen LogP contribution in [0.2, 0.25) is 0 Å². The van der Waals surface area contributed by atoms with E-state index in [1.807, 2.05) is 42.5 Å². The third kappa shape index (κ3) is 5.07. The first-order valence-electron chi connectivity index (χ1n) is 10.7. The van der Waals surface area contributed by atoms with Crippen molar-refractivity contribution in [3.8, 4) is 5.75 Å². The predicted molar refractivity (Wildman–Crippen MR) is 136 cm³/mol. The number of rotatable bonds is 7. The number of anilines is 2. The number of benzene rings is 3. The number of hydrogen-bond acceptors (Lipinski definition) is 4. The van der Waals surface area contributed by atoms with Gasteiger partial charge in [0.2, 0.25) is 10.0 Å². The molecule has 0 spiro atoms. The molecular formula is C26H27N3O4S. The van der Waals surface area contributed by atoms with Crippen LogP contribution in [0.1, 0.15) is 35.5 Å². The number of ether oxygens (including phenoxy) is 1. The normalized spacial score (nSPS) is 11.9. The van der Waals surface area contributed by atoms with Crippen molar-refractivity contribution in [2.24, 2.45) is 0 Å².